The molecule has 0 fully saturated rings. The maximum Gasteiger partial charge on any atom is 0.0466 e. The molecule has 0 aliphatic heterocycles. The van der Waals surface area contributed by atoms with Crippen molar-refractivity contribution in [1.82, 2.24) is 4.90 Å². The van der Waals surface area contributed by atoms with Gasteiger partial charge >= 0.3 is 0 Å². The van der Waals surface area contributed by atoms with Crippen molar-refractivity contribution in [2.24, 2.45) is 0 Å². The molecule has 0 aromatic heterocycles. The Morgan fingerprint density at radius 1 is 0.929 bits per heavy atom. The van der Waals surface area contributed by atoms with Crippen molar-refractivity contribution in [2.45, 2.75) is 47.5 Å². The summed E-state index contributed by atoms with van der Waals surface area (Å²) >= 11 is 0. The quantitative estimate of drug-likeness (QED) is 0.616. The van der Waals surface area contributed by atoms with E-state index in [1.54, 1.807) is 0 Å². The summed E-state index contributed by atoms with van der Waals surface area (Å²) in [5.41, 5.74) is 0. The van der Waals surface area contributed by atoms with E-state index in [2.05, 4.69) is 19.0 Å². The zero-order valence-electron chi connectivity index (χ0n) is 11.4. The minimum absolute atomic E-state index is 0.849. The van der Waals surface area contributed by atoms with E-state index in [0.29, 0.717) is 0 Å². The van der Waals surface area contributed by atoms with Crippen molar-refractivity contribution in [3.8, 4) is 0 Å². The van der Waals surface area contributed by atoms with E-state index < -0.39 is 0 Å². The molecule has 2 nitrogen and oxygen atoms in total. The van der Waals surface area contributed by atoms with Crippen LogP contribution in [0.2, 0.25) is 0 Å². The second-order valence-corrected chi connectivity index (χ2v) is 2.71. The van der Waals surface area contributed by atoms with Crippen LogP contribution in [-0.2, 0) is 4.74 Å². The van der Waals surface area contributed by atoms with Gasteiger partial charge in [0.25, 0.3) is 0 Å². The fourth-order valence-electron chi connectivity index (χ4n) is 0.776. The van der Waals surface area contributed by atoms with Crippen molar-refractivity contribution < 1.29 is 4.74 Å². The van der Waals surface area contributed by atoms with E-state index in [9.17, 15) is 0 Å². The molecule has 0 spiro atoms. The molecule has 0 saturated carbocycles. The summed E-state index contributed by atoms with van der Waals surface area (Å²) in [6, 6.07) is 0. The summed E-state index contributed by atoms with van der Waals surface area (Å²) in [5, 5.41) is 0. The first kappa shape index (κ1) is 19.5. The Bertz CT molecular complexity index is 65.3. The molecule has 0 aliphatic carbocycles. The van der Waals surface area contributed by atoms with E-state index in [-0.39, 0.29) is 0 Å². The van der Waals surface area contributed by atoms with Crippen LogP contribution < -0.4 is 0 Å². The molecule has 0 radical (unpaired) electrons. The predicted molar refractivity (Wildman–Crippen MR) is 67.0 cm³/mol. The lowest BCUT2D eigenvalue weighted by molar-refractivity contribution is 0.141. The van der Waals surface area contributed by atoms with E-state index in [1.807, 2.05) is 34.6 Å². The fourth-order valence-corrected chi connectivity index (χ4v) is 0.776. The van der Waals surface area contributed by atoms with Gasteiger partial charge in [-0.1, -0.05) is 27.7 Å². The summed E-state index contributed by atoms with van der Waals surface area (Å²) in [6.45, 7) is 13.0. The van der Waals surface area contributed by atoms with Crippen LogP contribution in [0, 0.1) is 0 Å². The molecule has 0 atom stereocenters. The largest absolute Gasteiger partial charge is 0.382 e. The predicted octanol–water partition coefficient (Wildman–Crippen LogP) is 3.42. The van der Waals surface area contributed by atoms with Crippen molar-refractivity contribution in [3.63, 3.8) is 0 Å². The number of nitrogens with zero attached hydrogens (tertiary/aromatic N) is 1. The molecule has 0 saturated heterocycles. The van der Waals surface area contributed by atoms with Crippen LogP contribution in [0.15, 0.2) is 0 Å². The number of unbranched alkanes of at least 4 members (excludes halogenated alkanes) is 1. The SMILES string of the molecule is CC.CC.CCOCCCCN(C)C. The lowest BCUT2D eigenvalue weighted by atomic mass is 10.3. The molecular weight excluding hydrogens is 174 g/mol. The van der Waals surface area contributed by atoms with Gasteiger partial charge in [-0.3, -0.25) is 0 Å². The van der Waals surface area contributed by atoms with E-state index in [4.69, 9.17) is 4.74 Å². The normalized spacial score (nSPS) is 8.57. The Balaban J connectivity index is -0.000000266. The zero-order valence-corrected chi connectivity index (χ0v) is 11.4. The molecule has 14 heavy (non-hydrogen) atoms. The molecule has 90 valence electrons. The molecule has 0 rings (SSSR count). The smallest absolute Gasteiger partial charge is 0.0466 e. The minimum Gasteiger partial charge on any atom is -0.382 e. The Morgan fingerprint density at radius 2 is 1.43 bits per heavy atom. The Kier molecular flexibility index (Phi) is 32.1. The number of hydrogen-bond acceptors (Lipinski definition) is 2. The van der Waals surface area contributed by atoms with Gasteiger partial charge in [0.15, 0.2) is 0 Å². The van der Waals surface area contributed by atoms with Crippen LogP contribution in [0.25, 0.3) is 0 Å². The second-order valence-electron chi connectivity index (χ2n) is 2.71. The lowest BCUT2D eigenvalue weighted by Crippen LogP contribution is -2.13. The highest BCUT2D eigenvalue weighted by molar-refractivity contribution is 4.43. The van der Waals surface area contributed by atoms with Gasteiger partial charge in [-0.05, 0) is 40.4 Å². The Morgan fingerprint density at radius 3 is 1.79 bits per heavy atom. The van der Waals surface area contributed by atoms with Gasteiger partial charge in [-0.2, -0.15) is 0 Å². The highest BCUT2D eigenvalue weighted by Crippen LogP contribution is 1.90. The second kappa shape index (κ2) is 23.1. The molecule has 0 unspecified atom stereocenters. The first-order valence-electron chi connectivity index (χ1n) is 6.00. The highest BCUT2D eigenvalue weighted by atomic mass is 16.5. The van der Waals surface area contributed by atoms with Crippen molar-refractivity contribution in [1.29, 1.82) is 0 Å². The molecule has 2 heteroatoms. The van der Waals surface area contributed by atoms with Gasteiger partial charge in [0.2, 0.25) is 0 Å². The lowest BCUT2D eigenvalue weighted by Gasteiger charge is -2.08. The number of ether oxygens (including phenoxy) is 1. The van der Waals surface area contributed by atoms with Crippen LogP contribution in [0.3, 0.4) is 0 Å². The van der Waals surface area contributed by atoms with Crippen LogP contribution in [0.5, 0.6) is 0 Å². The third kappa shape index (κ3) is 29.7. The van der Waals surface area contributed by atoms with E-state index in [1.165, 1.54) is 19.4 Å². The van der Waals surface area contributed by atoms with Gasteiger partial charge in [0, 0.05) is 13.2 Å². The van der Waals surface area contributed by atoms with Gasteiger partial charge in [-0.15, -0.1) is 0 Å². The first-order valence-corrected chi connectivity index (χ1v) is 6.00. The molecule has 0 bridgehead atoms. The maximum atomic E-state index is 5.20. The van der Waals surface area contributed by atoms with Crippen molar-refractivity contribution >= 4 is 0 Å². The molecule has 0 aliphatic rings. The molecular formula is C12H31NO. The van der Waals surface area contributed by atoms with Gasteiger partial charge in [0.1, 0.15) is 0 Å². The molecule has 0 N–H and O–H groups in total. The first-order chi connectivity index (χ1) is 6.77. The standard InChI is InChI=1S/C8H19NO.2C2H6/c1-4-10-8-6-5-7-9(2)3;2*1-2/h4-8H2,1-3H3;2*1-2H3. The fraction of sp³-hybridized carbons (Fsp3) is 1.00. The molecule has 0 aromatic carbocycles. The Labute approximate surface area is 91.6 Å². The third-order valence-electron chi connectivity index (χ3n) is 1.35. The highest BCUT2D eigenvalue weighted by Gasteiger charge is 1.89. The monoisotopic (exact) mass is 205 g/mol. The summed E-state index contributed by atoms with van der Waals surface area (Å²) in [6.07, 6.45) is 2.43. The average molecular weight is 205 g/mol. The van der Waals surface area contributed by atoms with Gasteiger partial charge < -0.3 is 9.64 Å². The van der Waals surface area contributed by atoms with Gasteiger partial charge in [0.05, 0.1) is 0 Å². The van der Waals surface area contributed by atoms with Crippen LogP contribution in [0.1, 0.15) is 47.5 Å². The third-order valence-corrected chi connectivity index (χ3v) is 1.35. The zero-order chi connectivity index (χ0) is 11.8. The Hall–Kier alpha value is -0.0800. The molecule has 0 heterocycles. The summed E-state index contributed by atoms with van der Waals surface area (Å²) in [7, 11) is 4.20. The van der Waals surface area contributed by atoms with E-state index in [0.717, 1.165) is 13.2 Å². The van der Waals surface area contributed by atoms with Crippen molar-refractivity contribution in [3.05, 3.63) is 0 Å². The topological polar surface area (TPSA) is 12.5 Å². The number of hydrogen-bond donors (Lipinski definition) is 0. The van der Waals surface area contributed by atoms with Crippen LogP contribution >= 0.6 is 0 Å². The van der Waals surface area contributed by atoms with E-state index >= 15 is 0 Å². The minimum atomic E-state index is 0.849. The van der Waals surface area contributed by atoms with Gasteiger partial charge in [-0.25, -0.2) is 0 Å². The summed E-state index contributed by atoms with van der Waals surface area (Å²) in [5.74, 6) is 0. The molecule has 0 aromatic rings. The molecule has 0 amide bonds. The maximum absolute atomic E-state index is 5.20. The average Bonchev–Trinajstić information content (AvgIpc) is 2.23. The number of rotatable bonds is 6. The van der Waals surface area contributed by atoms with Crippen molar-refractivity contribution in [2.75, 3.05) is 33.9 Å². The van der Waals surface area contributed by atoms with Crippen LogP contribution in [0.4, 0.5) is 0 Å². The summed E-state index contributed by atoms with van der Waals surface area (Å²) < 4.78 is 5.20. The summed E-state index contributed by atoms with van der Waals surface area (Å²) in [4.78, 5) is 2.20. The van der Waals surface area contributed by atoms with Crippen LogP contribution in [-0.4, -0.2) is 38.8 Å².